The summed E-state index contributed by atoms with van der Waals surface area (Å²) in [5.74, 6) is 0. The zero-order valence-corrected chi connectivity index (χ0v) is 8.82. The Hall–Kier alpha value is -1.55. The van der Waals surface area contributed by atoms with Crippen LogP contribution in [0.2, 0.25) is 0 Å². The summed E-state index contributed by atoms with van der Waals surface area (Å²) in [6.45, 7) is 1.60. The van der Waals surface area contributed by atoms with Gasteiger partial charge in [0.05, 0.1) is 32.0 Å². The van der Waals surface area contributed by atoms with Crippen LogP contribution in [0.25, 0.3) is 10.4 Å². The molecular weight excluding hydrogens is 206 g/mol. The van der Waals surface area contributed by atoms with Crippen molar-refractivity contribution >= 4 is 0 Å². The predicted octanol–water partition coefficient (Wildman–Crippen LogP) is 2.28. The lowest BCUT2D eigenvalue weighted by molar-refractivity contribution is 0.100. The average Bonchev–Trinajstić information content (AvgIpc) is 3.13. The number of rotatable bonds is 6. The minimum Gasteiger partial charge on any atom is -0.376 e. The van der Waals surface area contributed by atoms with Gasteiger partial charge >= 0.3 is 0 Å². The molecule has 5 heteroatoms. The molecule has 1 aromatic rings. The molecule has 2 atom stereocenters. The van der Waals surface area contributed by atoms with E-state index in [-0.39, 0.29) is 12.1 Å². The maximum absolute atomic E-state index is 8.38. The van der Waals surface area contributed by atoms with Crippen LogP contribution in [0.4, 0.5) is 0 Å². The molecule has 1 aliphatic heterocycles. The molecule has 0 spiro atoms. The van der Waals surface area contributed by atoms with Crippen molar-refractivity contribution in [2.24, 2.45) is 5.11 Å². The van der Waals surface area contributed by atoms with Crippen LogP contribution < -0.4 is 0 Å². The summed E-state index contributed by atoms with van der Waals surface area (Å²) in [5, 5.41) is 3.65. The SMILES string of the molecule is [N-]=[N+]=N[C@@H](COCc1ccccc1)[C@H]1CO1. The highest BCUT2D eigenvalue weighted by Gasteiger charge is 2.32. The van der Waals surface area contributed by atoms with Gasteiger partial charge in [0.1, 0.15) is 0 Å². The molecular formula is C11H13N3O2. The van der Waals surface area contributed by atoms with E-state index in [1.807, 2.05) is 30.3 Å². The van der Waals surface area contributed by atoms with E-state index in [9.17, 15) is 0 Å². The smallest absolute Gasteiger partial charge is 0.0916 e. The van der Waals surface area contributed by atoms with Crippen LogP contribution in [0.5, 0.6) is 0 Å². The van der Waals surface area contributed by atoms with Crippen LogP contribution >= 0.6 is 0 Å². The van der Waals surface area contributed by atoms with Gasteiger partial charge in [0.2, 0.25) is 0 Å². The highest BCUT2D eigenvalue weighted by Crippen LogP contribution is 2.18. The molecule has 2 rings (SSSR count). The van der Waals surface area contributed by atoms with Crippen LogP contribution in [-0.2, 0) is 16.1 Å². The van der Waals surface area contributed by atoms with E-state index in [1.54, 1.807) is 0 Å². The maximum atomic E-state index is 8.38. The van der Waals surface area contributed by atoms with E-state index in [4.69, 9.17) is 15.0 Å². The first-order chi connectivity index (χ1) is 7.90. The lowest BCUT2D eigenvalue weighted by Crippen LogP contribution is -2.19. The highest BCUT2D eigenvalue weighted by molar-refractivity contribution is 5.13. The third kappa shape index (κ3) is 3.24. The Morgan fingerprint density at radius 2 is 2.25 bits per heavy atom. The van der Waals surface area contributed by atoms with Crippen LogP contribution in [0.15, 0.2) is 35.4 Å². The molecule has 0 radical (unpaired) electrons. The van der Waals surface area contributed by atoms with Crippen molar-refractivity contribution in [1.82, 2.24) is 0 Å². The highest BCUT2D eigenvalue weighted by atomic mass is 16.6. The first-order valence-corrected chi connectivity index (χ1v) is 5.17. The summed E-state index contributed by atoms with van der Waals surface area (Å²) in [6, 6.07) is 9.69. The second-order valence-electron chi connectivity index (χ2n) is 3.64. The summed E-state index contributed by atoms with van der Waals surface area (Å²) in [5.41, 5.74) is 9.49. The van der Waals surface area contributed by atoms with Crippen molar-refractivity contribution in [3.05, 3.63) is 46.3 Å². The lowest BCUT2D eigenvalue weighted by Gasteiger charge is -2.08. The minimum absolute atomic E-state index is 0.0478. The van der Waals surface area contributed by atoms with Crippen LogP contribution in [0.1, 0.15) is 5.56 Å². The Kier molecular flexibility index (Phi) is 3.77. The molecule has 0 amide bonds. The van der Waals surface area contributed by atoms with Crippen molar-refractivity contribution in [3.8, 4) is 0 Å². The van der Waals surface area contributed by atoms with E-state index in [1.165, 1.54) is 0 Å². The summed E-state index contributed by atoms with van der Waals surface area (Å²) in [4.78, 5) is 2.79. The van der Waals surface area contributed by atoms with Gasteiger partial charge in [0, 0.05) is 4.91 Å². The van der Waals surface area contributed by atoms with E-state index < -0.39 is 0 Å². The second-order valence-corrected chi connectivity index (χ2v) is 3.64. The number of hydrogen-bond acceptors (Lipinski definition) is 3. The summed E-state index contributed by atoms with van der Waals surface area (Å²) in [7, 11) is 0. The molecule has 1 fully saturated rings. The Bertz CT molecular complexity index is 372. The third-order valence-electron chi connectivity index (χ3n) is 2.39. The fourth-order valence-electron chi connectivity index (χ4n) is 1.43. The molecule has 0 aromatic heterocycles. The largest absolute Gasteiger partial charge is 0.376 e. The number of nitrogens with zero attached hydrogens (tertiary/aromatic N) is 3. The zero-order chi connectivity index (χ0) is 11.2. The van der Waals surface area contributed by atoms with Crippen LogP contribution in [-0.4, -0.2) is 25.4 Å². The molecule has 0 unspecified atom stereocenters. The van der Waals surface area contributed by atoms with Gasteiger partial charge in [-0.1, -0.05) is 35.4 Å². The summed E-state index contributed by atoms with van der Waals surface area (Å²) < 4.78 is 10.6. The molecule has 5 nitrogen and oxygen atoms in total. The van der Waals surface area contributed by atoms with E-state index in [0.717, 1.165) is 5.56 Å². The molecule has 1 aromatic carbocycles. The number of epoxide rings is 1. The molecule has 84 valence electrons. The Morgan fingerprint density at radius 3 is 2.88 bits per heavy atom. The van der Waals surface area contributed by atoms with E-state index in [0.29, 0.717) is 19.8 Å². The van der Waals surface area contributed by atoms with Gasteiger partial charge in [-0.05, 0) is 11.1 Å². The quantitative estimate of drug-likeness (QED) is 0.318. The number of ether oxygens (including phenoxy) is 2. The van der Waals surface area contributed by atoms with Gasteiger partial charge in [-0.3, -0.25) is 0 Å². The Morgan fingerprint density at radius 1 is 1.50 bits per heavy atom. The monoisotopic (exact) mass is 219 g/mol. The van der Waals surface area contributed by atoms with Crippen molar-refractivity contribution in [3.63, 3.8) is 0 Å². The molecule has 0 saturated carbocycles. The van der Waals surface area contributed by atoms with Crippen LogP contribution in [0, 0.1) is 0 Å². The minimum atomic E-state index is -0.200. The molecule has 1 heterocycles. The first-order valence-electron chi connectivity index (χ1n) is 5.17. The van der Waals surface area contributed by atoms with Gasteiger partial charge in [-0.25, -0.2) is 0 Å². The third-order valence-corrected chi connectivity index (χ3v) is 2.39. The van der Waals surface area contributed by atoms with Crippen molar-refractivity contribution in [2.45, 2.75) is 18.8 Å². The first kappa shape index (κ1) is 11.0. The fourth-order valence-corrected chi connectivity index (χ4v) is 1.43. The topological polar surface area (TPSA) is 70.5 Å². The summed E-state index contributed by atoms with van der Waals surface area (Å²) >= 11 is 0. The average molecular weight is 219 g/mol. The van der Waals surface area contributed by atoms with Crippen LogP contribution in [0.3, 0.4) is 0 Å². The Balaban J connectivity index is 1.76. The van der Waals surface area contributed by atoms with Crippen molar-refractivity contribution in [1.29, 1.82) is 0 Å². The number of azide groups is 1. The van der Waals surface area contributed by atoms with Gasteiger partial charge in [0.15, 0.2) is 0 Å². The zero-order valence-electron chi connectivity index (χ0n) is 8.82. The van der Waals surface area contributed by atoms with Gasteiger partial charge in [-0.2, -0.15) is 0 Å². The molecule has 0 bridgehead atoms. The van der Waals surface area contributed by atoms with Gasteiger partial charge < -0.3 is 9.47 Å². The van der Waals surface area contributed by atoms with E-state index in [2.05, 4.69) is 10.0 Å². The second kappa shape index (κ2) is 5.51. The number of hydrogen-bond donors (Lipinski definition) is 0. The lowest BCUT2D eigenvalue weighted by atomic mass is 10.2. The summed E-state index contributed by atoms with van der Waals surface area (Å²) in [6.07, 6.45) is 0.0478. The standard InChI is InChI=1S/C11H13N3O2/c12-14-13-10(11-8-16-11)7-15-6-9-4-2-1-3-5-9/h1-5,10-11H,6-8H2/t10-,11+/m0/s1. The van der Waals surface area contributed by atoms with Gasteiger partial charge in [0.25, 0.3) is 0 Å². The van der Waals surface area contributed by atoms with Crippen molar-refractivity contribution < 1.29 is 9.47 Å². The molecule has 1 saturated heterocycles. The molecule has 0 N–H and O–H groups in total. The molecule has 0 aliphatic carbocycles. The Labute approximate surface area is 93.6 Å². The maximum Gasteiger partial charge on any atom is 0.0916 e. The normalized spacial score (nSPS) is 19.9. The van der Waals surface area contributed by atoms with Crippen molar-refractivity contribution in [2.75, 3.05) is 13.2 Å². The van der Waals surface area contributed by atoms with Gasteiger partial charge in [-0.15, -0.1) is 0 Å². The van der Waals surface area contributed by atoms with E-state index >= 15 is 0 Å². The number of benzene rings is 1. The predicted molar refractivity (Wildman–Crippen MR) is 58.8 cm³/mol. The molecule has 16 heavy (non-hydrogen) atoms. The fraction of sp³-hybridized carbons (Fsp3) is 0.455. The molecule has 1 aliphatic rings.